The van der Waals surface area contributed by atoms with E-state index >= 15 is 0 Å². The molecule has 0 N–H and O–H groups in total. The molecule has 2 rings (SSSR count). The van der Waals surface area contributed by atoms with Gasteiger partial charge in [0, 0.05) is 12.6 Å². The molecular weight excluding hydrogens is 188 g/mol. The molecule has 2 aromatic rings. The third-order valence-corrected chi connectivity index (χ3v) is 2.56. The maximum Gasteiger partial charge on any atom is 0.150 e. The van der Waals surface area contributed by atoms with Crippen LogP contribution in [0.15, 0.2) is 30.5 Å². The molecule has 3 nitrogen and oxygen atoms in total. The van der Waals surface area contributed by atoms with E-state index in [4.69, 9.17) is 0 Å². The molecule has 3 heteroatoms. The largest absolute Gasteiger partial charge is 0.331 e. The Bertz CT molecular complexity index is 483. The molecule has 0 saturated heterocycles. The lowest BCUT2D eigenvalue weighted by Gasteiger charge is -2.03. The summed E-state index contributed by atoms with van der Waals surface area (Å²) in [5.41, 5.74) is 2.83. The van der Waals surface area contributed by atoms with E-state index in [2.05, 4.69) is 4.98 Å². The maximum atomic E-state index is 10.5. The number of imidazole rings is 1. The van der Waals surface area contributed by atoms with Crippen LogP contribution < -0.4 is 0 Å². The second-order valence-electron chi connectivity index (χ2n) is 3.49. The third-order valence-electron chi connectivity index (χ3n) is 2.56. The Morgan fingerprint density at radius 2 is 1.93 bits per heavy atom. The van der Waals surface area contributed by atoms with Crippen LogP contribution in [0.3, 0.4) is 0 Å². The first kappa shape index (κ1) is 9.65. The van der Waals surface area contributed by atoms with Gasteiger partial charge in [0.15, 0.2) is 0 Å². The van der Waals surface area contributed by atoms with E-state index in [1.165, 1.54) is 0 Å². The van der Waals surface area contributed by atoms with Gasteiger partial charge in [-0.3, -0.25) is 4.79 Å². The van der Waals surface area contributed by atoms with Gasteiger partial charge in [-0.15, -0.1) is 0 Å². The van der Waals surface area contributed by atoms with E-state index in [1.807, 2.05) is 49.0 Å². The standard InChI is InChI=1S/C12H12N2O/c1-9-13-7-12(14(9)2)11-5-3-10(8-15)4-6-11/h3-8H,1-2H3. The molecule has 15 heavy (non-hydrogen) atoms. The van der Waals surface area contributed by atoms with Crippen LogP contribution in [0.25, 0.3) is 11.3 Å². The zero-order valence-electron chi connectivity index (χ0n) is 8.77. The van der Waals surface area contributed by atoms with E-state index in [-0.39, 0.29) is 0 Å². The molecule has 0 aliphatic carbocycles. The van der Waals surface area contributed by atoms with Crippen LogP contribution in [-0.4, -0.2) is 15.8 Å². The van der Waals surface area contributed by atoms with Crippen LogP contribution in [0.5, 0.6) is 0 Å². The fourth-order valence-corrected chi connectivity index (χ4v) is 1.50. The fourth-order valence-electron chi connectivity index (χ4n) is 1.50. The Kier molecular flexibility index (Phi) is 2.37. The summed E-state index contributed by atoms with van der Waals surface area (Å²) in [6.45, 7) is 1.96. The molecule has 0 radical (unpaired) electrons. The summed E-state index contributed by atoms with van der Waals surface area (Å²) in [7, 11) is 1.98. The molecule has 1 aromatic carbocycles. The quantitative estimate of drug-likeness (QED) is 0.696. The Hall–Kier alpha value is -1.90. The summed E-state index contributed by atoms with van der Waals surface area (Å²) < 4.78 is 2.02. The molecule has 76 valence electrons. The van der Waals surface area contributed by atoms with Gasteiger partial charge in [-0.1, -0.05) is 24.3 Å². The van der Waals surface area contributed by atoms with Crippen molar-refractivity contribution in [2.75, 3.05) is 0 Å². The van der Waals surface area contributed by atoms with E-state index in [9.17, 15) is 4.79 Å². The first-order chi connectivity index (χ1) is 7.22. The van der Waals surface area contributed by atoms with E-state index in [1.54, 1.807) is 0 Å². The number of rotatable bonds is 2. The molecule has 1 aromatic heterocycles. The van der Waals surface area contributed by atoms with Crippen molar-refractivity contribution in [3.05, 3.63) is 41.9 Å². The van der Waals surface area contributed by atoms with Gasteiger partial charge in [0.05, 0.1) is 11.9 Å². The summed E-state index contributed by atoms with van der Waals surface area (Å²) in [5.74, 6) is 0.976. The molecule has 0 atom stereocenters. The van der Waals surface area contributed by atoms with Crippen molar-refractivity contribution >= 4 is 6.29 Å². The van der Waals surface area contributed by atoms with Crippen molar-refractivity contribution in [3.8, 4) is 11.3 Å². The Labute approximate surface area is 88.4 Å². The van der Waals surface area contributed by atoms with Crippen molar-refractivity contribution in [1.29, 1.82) is 0 Å². The summed E-state index contributed by atoms with van der Waals surface area (Å²) in [4.78, 5) is 14.7. The van der Waals surface area contributed by atoms with Crippen LogP contribution in [-0.2, 0) is 7.05 Å². The van der Waals surface area contributed by atoms with Gasteiger partial charge < -0.3 is 4.57 Å². The predicted octanol–water partition coefficient (Wildman–Crippen LogP) is 2.21. The van der Waals surface area contributed by atoms with Crippen LogP contribution in [0.4, 0.5) is 0 Å². The van der Waals surface area contributed by atoms with Gasteiger partial charge in [-0.25, -0.2) is 4.98 Å². The predicted molar refractivity (Wildman–Crippen MR) is 58.8 cm³/mol. The summed E-state index contributed by atoms with van der Waals surface area (Å²) >= 11 is 0. The Balaban J connectivity index is 2.45. The lowest BCUT2D eigenvalue weighted by molar-refractivity contribution is 0.112. The first-order valence-electron chi connectivity index (χ1n) is 4.76. The van der Waals surface area contributed by atoms with Crippen molar-refractivity contribution in [2.45, 2.75) is 6.92 Å². The molecule has 0 saturated carbocycles. The van der Waals surface area contributed by atoms with Crippen LogP contribution in [0, 0.1) is 6.92 Å². The average molecular weight is 200 g/mol. The highest BCUT2D eigenvalue weighted by Gasteiger charge is 2.04. The molecule has 1 heterocycles. The number of benzene rings is 1. The van der Waals surface area contributed by atoms with Gasteiger partial charge in [-0.2, -0.15) is 0 Å². The minimum Gasteiger partial charge on any atom is -0.331 e. The zero-order valence-corrected chi connectivity index (χ0v) is 8.77. The highest BCUT2D eigenvalue weighted by atomic mass is 16.1. The number of nitrogens with zero attached hydrogens (tertiary/aromatic N) is 2. The van der Waals surface area contributed by atoms with Gasteiger partial charge >= 0.3 is 0 Å². The van der Waals surface area contributed by atoms with Crippen molar-refractivity contribution in [1.82, 2.24) is 9.55 Å². The second kappa shape index (κ2) is 3.69. The minimum absolute atomic E-state index is 0.692. The number of carbonyl (C=O) groups excluding carboxylic acids is 1. The van der Waals surface area contributed by atoms with Crippen molar-refractivity contribution in [2.24, 2.45) is 7.05 Å². The molecule has 0 bridgehead atoms. The summed E-state index contributed by atoms with van der Waals surface area (Å²) in [6.07, 6.45) is 2.68. The summed E-state index contributed by atoms with van der Waals surface area (Å²) in [6, 6.07) is 7.48. The van der Waals surface area contributed by atoms with E-state index in [0.29, 0.717) is 5.56 Å². The molecule has 0 fully saturated rings. The van der Waals surface area contributed by atoms with Gasteiger partial charge in [0.25, 0.3) is 0 Å². The van der Waals surface area contributed by atoms with Crippen LogP contribution >= 0.6 is 0 Å². The number of aromatic nitrogens is 2. The fraction of sp³-hybridized carbons (Fsp3) is 0.167. The van der Waals surface area contributed by atoms with Crippen LogP contribution in [0.1, 0.15) is 16.2 Å². The minimum atomic E-state index is 0.692. The van der Waals surface area contributed by atoms with E-state index in [0.717, 1.165) is 23.4 Å². The van der Waals surface area contributed by atoms with Gasteiger partial charge in [0.2, 0.25) is 0 Å². The topological polar surface area (TPSA) is 34.9 Å². The molecule has 0 aliphatic heterocycles. The molecule has 0 spiro atoms. The Morgan fingerprint density at radius 1 is 1.27 bits per heavy atom. The van der Waals surface area contributed by atoms with Crippen LogP contribution in [0.2, 0.25) is 0 Å². The van der Waals surface area contributed by atoms with Crippen molar-refractivity contribution in [3.63, 3.8) is 0 Å². The maximum absolute atomic E-state index is 10.5. The third kappa shape index (κ3) is 1.68. The zero-order chi connectivity index (χ0) is 10.8. The van der Waals surface area contributed by atoms with Crippen molar-refractivity contribution < 1.29 is 4.79 Å². The molecule has 0 unspecified atom stereocenters. The molecule has 0 aliphatic rings. The number of aldehydes is 1. The SMILES string of the molecule is Cc1ncc(-c2ccc(C=O)cc2)n1C. The summed E-state index contributed by atoms with van der Waals surface area (Å²) in [5, 5.41) is 0. The Morgan fingerprint density at radius 3 is 2.40 bits per heavy atom. The number of hydrogen-bond donors (Lipinski definition) is 0. The van der Waals surface area contributed by atoms with Gasteiger partial charge in [0.1, 0.15) is 12.1 Å². The smallest absolute Gasteiger partial charge is 0.150 e. The first-order valence-corrected chi connectivity index (χ1v) is 4.76. The number of aryl methyl sites for hydroxylation is 1. The lowest BCUT2D eigenvalue weighted by atomic mass is 10.1. The monoisotopic (exact) mass is 200 g/mol. The average Bonchev–Trinajstić information content (AvgIpc) is 2.60. The lowest BCUT2D eigenvalue weighted by Crippen LogP contribution is -1.94. The van der Waals surface area contributed by atoms with E-state index < -0.39 is 0 Å². The second-order valence-corrected chi connectivity index (χ2v) is 3.49. The van der Waals surface area contributed by atoms with Gasteiger partial charge in [-0.05, 0) is 12.5 Å². The number of hydrogen-bond acceptors (Lipinski definition) is 2. The highest BCUT2D eigenvalue weighted by Crippen LogP contribution is 2.19. The molecular formula is C12H12N2O. The normalized spacial score (nSPS) is 10.3. The molecule has 0 amide bonds. The number of carbonyl (C=O) groups is 1. The highest BCUT2D eigenvalue weighted by molar-refractivity contribution is 5.76.